The van der Waals surface area contributed by atoms with Gasteiger partial charge in [0.05, 0.1) is 11.1 Å². The third-order valence-corrected chi connectivity index (χ3v) is 7.88. The van der Waals surface area contributed by atoms with Crippen LogP contribution in [-0.4, -0.2) is 54.5 Å². The largest absolute Gasteiger partial charge is 0.508 e. The molecule has 4 aromatic rings. The maximum atomic E-state index is 11.0. The van der Waals surface area contributed by atoms with Crippen molar-refractivity contribution in [1.82, 2.24) is 0 Å². The number of fused-ring (bicyclic) bond motifs is 1. The lowest BCUT2D eigenvalue weighted by Gasteiger charge is -2.12. The zero-order chi connectivity index (χ0) is 35.1. The Morgan fingerprint density at radius 3 is 1.42 bits per heavy atom. The standard InChI is InChI=1S/C17H14O4.C12H10O2.C9H16O4/c18-16(19)11-3-1-10(2-4-11)14-7-5-12-9-13(17(20)21)6-8-15(12)14;13-11-5-1-9(2-6-11)10-3-7-12(14)8-4-10;10-8(11)6-4-2-1-3-5-7-9(12)13/h1-4,6,8-9,14H,5,7H2,(H,18,19)(H,20,21);1-8,13-14H;1-7H2,(H,10,11)(H,12,13). The number of carbonyl (C=O) groups is 4. The molecule has 1 atom stereocenters. The summed E-state index contributed by atoms with van der Waals surface area (Å²) in [7, 11) is 0. The first-order valence-electron chi connectivity index (χ1n) is 15.7. The van der Waals surface area contributed by atoms with Crippen LogP contribution in [0.4, 0.5) is 0 Å². The number of aromatic carboxylic acids is 2. The normalized spacial score (nSPS) is 12.8. The highest BCUT2D eigenvalue weighted by Crippen LogP contribution is 2.38. The number of benzene rings is 4. The number of aliphatic carboxylic acids is 2. The molecule has 0 spiro atoms. The van der Waals surface area contributed by atoms with E-state index < -0.39 is 23.9 Å². The van der Waals surface area contributed by atoms with Crippen LogP contribution in [0.5, 0.6) is 11.5 Å². The van der Waals surface area contributed by atoms with E-state index in [0.717, 1.165) is 59.9 Å². The number of rotatable bonds is 12. The Bertz CT molecular complexity index is 1600. The first-order valence-corrected chi connectivity index (χ1v) is 15.7. The van der Waals surface area contributed by atoms with Crippen LogP contribution < -0.4 is 0 Å². The number of hydrogen-bond donors (Lipinski definition) is 6. The number of phenols is 2. The van der Waals surface area contributed by atoms with Crippen molar-refractivity contribution in [1.29, 1.82) is 0 Å². The summed E-state index contributed by atoms with van der Waals surface area (Å²) in [5.41, 5.74) is 5.91. The average molecular weight is 657 g/mol. The number of hydrogen-bond acceptors (Lipinski definition) is 6. The summed E-state index contributed by atoms with van der Waals surface area (Å²) in [5.74, 6) is -2.63. The molecule has 4 aromatic carbocycles. The van der Waals surface area contributed by atoms with Gasteiger partial charge in [0.25, 0.3) is 0 Å². The van der Waals surface area contributed by atoms with E-state index in [2.05, 4.69) is 0 Å². The molecule has 1 aliphatic carbocycles. The van der Waals surface area contributed by atoms with Gasteiger partial charge < -0.3 is 30.6 Å². The zero-order valence-electron chi connectivity index (χ0n) is 26.4. The molecule has 1 unspecified atom stereocenters. The van der Waals surface area contributed by atoms with Gasteiger partial charge in [-0.25, -0.2) is 9.59 Å². The second-order valence-corrected chi connectivity index (χ2v) is 11.4. The second-order valence-electron chi connectivity index (χ2n) is 11.4. The Morgan fingerprint density at radius 1 is 0.542 bits per heavy atom. The van der Waals surface area contributed by atoms with Crippen LogP contribution in [0.3, 0.4) is 0 Å². The maximum Gasteiger partial charge on any atom is 0.335 e. The van der Waals surface area contributed by atoms with Crippen LogP contribution >= 0.6 is 0 Å². The second kappa shape index (κ2) is 18.5. The van der Waals surface area contributed by atoms with Crippen LogP contribution in [0.1, 0.15) is 94.7 Å². The van der Waals surface area contributed by atoms with Crippen molar-refractivity contribution in [3.8, 4) is 22.6 Å². The minimum absolute atomic E-state index is 0.214. The van der Waals surface area contributed by atoms with Crippen molar-refractivity contribution in [2.24, 2.45) is 0 Å². The van der Waals surface area contributed by atoms with Crippen LogP contribution in [0.2, 0.25) is 0 Å². The lowest BCUT2D eigenvalue weighted by Crippen LogP contribution is -2.01. The van der Waals surface area contributed by atoms with Gasteiger partial charge in [-0.1, -0.05) is 61.7 Å². The lowest BCUT2D eigenvalue weighted by molar-refractivity contribution is -0.138. The fraction of sp³-hybridized carbons (Fsp3) is 0.263. The number of aromatic hydroxyl groups is 2. The number of aryl methyl sites for hydroxylation is 1. The smallest absolute Gasteiger partial charge is 0.335 e. The highest BCUT2D eigenvalue weighted by Gasteiger charge is 2.25. The summed E-state index contributed by atoms with van der Waals surface area (Å²) >= 11 is 0. The van der Waals surface area contributed by atoms with Crippen molar-refractivity contribution < 1.29 is 49.8 Å². The van der Waals surface area contributed by atoms with Crippen molar-refractivity contribution in [2.75, 3.05) is 0 Å². The summed E-state index contributed by atoms with van der Waals surface area (Å²) in [6.07, 6.45) is 6.30. The summed E-state index contributed by atoms with van der Waals surface area (Å²) in [4.78, 5) is 42.1. The molecule has 1 aliphatic rings. The Kier molecular flexibility index (Phi) is 14.2. The zero-order valence-corrected chi connectivity index (χ0v) is 26.4. The quantitative estimate of drug-likeness (QED) is 0.0820. The third-order valence-electron chi connectivity index (χ3n) is 7.88. The summed E-state index contributed by atoms with van der Waals surface area (Å²) in [6.45, 7) is 0. The minimum atomic E-state index is -0.931. The van der Waals surface area contributed by atoms with Gasteiger partial charge in [-0.05, 0) is 102 Å². The van der Waals surface area contributed by atoms with Gasteiger partial charge in [0.1, 0.15) is 11.5 Å². The van der Waals surface area contributed by atoms with Crippen molar-refractivity contribution >= 4 is 23.9 Å². The summed E-state index contributed by atoms with van der Waals surface area (Å²) in [5, 5.41) is 52.8. The van der Waals surface area contributed by atoms with Gasteiger partial charge in [-0.15, -0.1) is 0 Å². The molecule has 252 valence electrons. The first kappa shape index (κ1) is 36.8. The highest BCUT2D eigenvalue weighted by atomic mass is 16.4. The van der Waals surface area contributed by atoms with E-state index in [1.165, 1.54) is 0 Å². The SMILES string of the molecule is O=C(O)CCCCCCCC(=O)O.O=C(O)c1ccc(C2CCc3cc(C(=O)O)ccc32)cc1.Oc1ccc(-c2ccc(O)cc2)cc1. The van der Waals surface area contributed by atoms with Gasteiger partial charge in [0.15, 0.2) is 0 Å². The predicted molar refractivity (Wildman–Crippen MR) is 180 cm³/mol. The molecule has 0 fully saturated rings. The number of carboxylic acid groups (broad SMARTS) is 4. The van der Waals surface area contributed by atoms with Crippen molar-refractivity contribution in [3.63, 3.8) is 0 Å². The molecule has 0 saturated carbocycles. The lowest BCUT2D eigenvalue weighted by atomic mass is 9.92. The Labute approximate surface area is 278 Å². The van der Waals surface area contributed by atoms with E-state index in [-0.39, 0.29) is 35.8 Å². The molecule has 6 N–H and O–H groups in total. The molecule has 5 rings (SSSR count). The van der Waals surface area contributed by atoms with Crippen molar-refractivity contribution in [2.45, 2.75) is 63.7 Å². The molecule has 0 bridgehead atoms. The van der Waals surface area contributed by atoms with E-state index in [4.69, 9.17) is 30.6 Å². The molecule has 0 amide bonds. The van der Waals surface area contributed by atoms with Gasteiger partial charge in [0, 0.05) is 18.8 Å². The van der Waals surface area contributed by atoms with Gasteiger partial charge >= 0.3 is 23.9 Å². The molecule has 10 heteroatoms. The monoisotopic (exact) mass is 656 g/mol. The van der Waals surface area contributed by atoms with Crippen molar-refractivity contribution in [3.05, 3.63) is 119 Å². The van der Waals surface area contributed by atoms with E-state index >= 15 is 0 Å². The topological polar surface area (TPSA) is 190 Å². The van der Waals surface area contributed by atoms with Crippen LogP contribution in [0, 0.1) is 0 Å². The van der Waals surface area contributed by atoms with Gasteiger partial charge in [-0.3, -0.25) is 9.59 Å². The maximum absolute atomic E-state index is 11.0. The van der Waals surface area contributed by atoms with Gasteiger partial charge in [-0.2, -0.15) is 0 Å². The molecule has 0 saturated heterocycles. The molecule has 0 aliphatic heterocycles. The number of carboxylic acids is 4. The predicted octanol–water partition coefficient (Wildman–Crippen LogP) is 7.81. The molecular weight excluding hydrogens is 616 g/mol. The summed E-state index contributed by atoms with van der Waals surface area (Å²) in [6, 6.07) is 26.1. The van der Waals surface area contributed by atoms with Gasteiger partial charge in [0.2, 0.25) is 0 Å². The molecule has 0 heterocycles. The Morgan fingerprint density at radius 2 is 0.979 bits per heavy atom. The van der Waals surface area contributed by atoms with Crippen LogP contribution in [-0.2, 0) is 16.0 Å². The Balaban J connectivity index is 0.000000204. The van der Waals surface area contributed by atoms with Crippen LogP contribution in [0.15, 0.2) is 91.0 Å². The number of unbranched alkanes of at least 4 members (excludes halogenated alkanes) is 4. The number of phenolic OH excluding ortho intramolecular Hbond substituents is 2. The molecular formula is C38H40O10. The molecule has 48 heavy (non-hydrogen) atoms. The van der Waals surface area contributed by atoms with E-state index in [9.17, 15) is 19.2 Å². The highest BCUT2D eigenvalue weighted by molar-refractivity contribution is 5.88. The van der Waals surface area contributed by atoms with E-state index in [0.29, 0.717) is 18.4 Å². The first-order chi connectivity index (χ1) is 22.9. The summed E-state index contributed by atoms with van der Waals surface area (Å²) < 4.78 is 0. The third kappa shape index (κ3) is 11.9. The fourth-order valence-electron chi connectivity index (χ4n) is 5.35. The molecule has 0 radical (unpaired) electrons. The average Bonchev–Trinajstić information content (AvgIpc) is 3.49. The van der Waals surface area contributed by atoms with Crippen LogP contribution in [0.25, 0.3) is 11.1 Å². The Hall–Kier alpha value is -5.64. The molecule has 0 aromatic heterocycles. The molecule has 10 nitrogen and oxygen atoms in total. The van der Waals surface area contributed by atoms with E-state index in [1.807, 2.05) is 42.5 Å². The minimum Gasteiger partial charge on any atom is -0.508 e. The van der Waals surface area contributed by atoms with E-state index in [1.54, 1.807) is 48.5 Å². The fourth-order valence-corrected chi connectivity index (χ4v) is 5.35.